The van der Waals surface area contributed by atoms with Gasteiger partial charge in [-0.15, -0.1) is 0 Å². The molecule has 0 saturated heterocycles. The molecule has 0 saturated carbocycles. The van der Waals surface area contributed by atoms with Crippen molar-refractivity contribution in [1.29, 1.82) is 0 Å². The highest BCUT2D eigenvalue weighted by Gasteiger charge is 2.54. The average Bonchev–Trinajstić information content (AvgIpc) is 3.17. The van der Waals surface area contributed by atoms with E-state index in [1.165, 1.54) is 12.1 Å². The van der Waals surface area contributed by atoms with Crippen molar-refractivity contribution in [3.8, 4) is 17.2 Å². The summed E-state index contributed by atoms with van der Waals surface area (Å²) in [5, 5.41) is 0.370. The van der Waals surface area contributed by atoms with Crippen molar-refractivity contribution in [2.45, 2.75) is 10.9 Å². The van der Waals surface area contributed by atoms with Gasteiger partial charge >= 0.3 is 15.6 Å². The molecule has 0 aliphatic carbocycles. The molecular formula is C16H10F3O6PS. The monoisotopic (exact) mass is 418 g/mol. The van der Waals surface area contributed by atoms with Gasteiger partial charge in [0, 0.05) is 5.56 Å². The van der Waals surface area contributed by atoms with Gasteiger partial charge in [-0.3, -0.25) is 4.57 Å². The molecular weight excluding hydrogens is 408 g/mol. The molecule has 27 heavy (non-hydrogen) atoms. The minimum atomic E-state index is -5.87. The van der Waals surface area contributed by atoms with Crippen LogP contribution in [0.1, 0.15) is 11.1 Å². The summed E-state index contributed by atoms with van der Waals surface area (Å²) < 4.78 is 88.6. The van der Waals surface area contributed by atoms with Gasteiger partial charge in [-0.05, 0) is 24.3 Å². The number of alkyl halides is 3. The van der Waals surface area contributed by atoms with Crippen LogP contribution in [-0.4, -0.2) is 27.1 Å². The van der Waals surface area contributed by atoms with Gasteiger partial charge in [-0.2, -0.15) is 21.6 Å². The molecule has 2 aliphatic heterocycles. The first kappa shape index (κ1) is 18.1. The number of halogens is 3. The zero-order valence-electron chi connectivity index (χ0n) is 13.3. The highest BCUT2D eigenvalue weighted by Crippen LogP contribution is 2.53. The third-order valence-electron chi connectivity index (χ3n) is 4.48. The molecule has 2 aromatic rings. The first-order valence-electron chi connectivity index (χ1n) is 7.56. The molecule has 0 N–H and O–H groups in total. The second kappa shape index (κ2) is 5.84. The number of benzene rings is 2. The summed E-state index contributed by atoms with van der Waals surface area (Å²) in [7, 11) is -6.19. The molecule has 142 valence electrons. The van der Waals surface area contributed by atoms with E-state index in [0.717, 1.165) is 6.07 Å². The summed E-state index contributed by atoms with van der Waals surface area (Å²) in [4.78, 5) is 0. The standard InChI is InChI=1S/C16H10F3O6PS/c17-16(18,19)27(21,22)25-11-5-1-3-9-13(11)15(7-23-9)8-24-10-4-2-6-12(26-20)14(10)15/h1-6H,7-8H2. The van der Waals surface area contributed by atoms with Crippen molar-refractivity contribution in [2.24, 2.45) is 0 Å². The maximum Gasteiger partial charge on any atom is 0.534 e. The molecule has 0 aromatic heterocycles. The summed E-state index contributed by atoms with van der Waals surface area (Å²) in [6, 6.07) is 8.78. The Morgan fingerprint density at radius 2 is 1.59 bits per heavy atom. The maximum absolute atomic E-state index is 12.8. The topological polar surface area (TPSA) is 78.9 Å². The molecule has 1 unspecified atom stereocenters. The number of hydrogen-bond donors (Lipinski definition) is 0. The lowest BCUT2D eigenvalue weighted by Crippen LogP contribution is -2.35. The van der Waals surface area contributed by atoms with Crippen LogP contribution < -0.4 is 19.0 Å². The molecule has 0 bridgehead atoms. The molecule has 6 nitrogen and oxygen atoms in total. The lowest BCUT2D eigenvalue weighted by atomic mass is 9.77. The third-order valence-corrected chi connectivity index (χ3v) is 6.01. The molecule has 2 aromatic carbocycles. The minimum Gasteiger partial charge on any atom is -0.492 e. The fourth-order valence-electron chi connectivity index (χ4n) is 3.39. The average molecular weight is 418 g/mol. The molecule has 1 atom stereocenters. The second-order valence-electron chi connectivity index (χ2n) is 6.01. The zero-order valence-corrected chi connectivity index (χ0v) is 15.0. The molecule has 0 radical (unpaired) electrons. The van der Waals surface area contributed by atoms with Gasteiger partial charge in [-0.1, -0.05) is 12.1 Å². The van der Waals surface area contributed by atoms with Crippen LogP contribution in [0, 0.1) is 0 Å². The Kier molecular flexibility index (Phi) is 3.91. The number of rotatable bonds is 3. The zero-order chi connectivity index (χ0) is 19.4. The molecule has 1 spiro atoms. The molecule has 0 amide bonds. The summed E-state index contributed by atoms with van der Waals surface area (Å²) in [5.74, 6) is 0.0793. The maximum atomic E-state index is 12.8. The van der Waals surface area contributed by atoms with Crippen LogP contribution in [0.5, 0.6) is 17.2 Å². The quantitative estimate of drug-likeness (QED) is 0.433. The summed E-state index contributed by atoms with van der Waals surface area (Å²) in [6.45, 7) is -0.0391. The Morgan fingerprint density at radius 3 is 2.19 bits per heavy atom. The Hall–Kier alpha value is -2.32. The predicted octanol–water partition coefficient (Wildman–Crippen LogP) is 2.90. The first-order chi connectivity index (χ1) is 12.7. The smallest absolute Gasteiger partial charge is 0.492 e. The Balaban J connectivity index is 1.92. The fraction of sp³-hybridized carbons (Fsp3) is 0.250. The van der Waals surface area contributed by atoms with Crippen molar-refractivity contribution < 1.29 is 39.8 Å². The lowest BCUT2D eigenvalue weighted by Gasteiger charge is -2.23. The van der Waals surface area contributed by atoms with E-state index in [-0.39, 0.29) is 33.0 Å². The number of ether oxygens (including phenoxy) is 2. The Labute approximate surface area is 153 Å². The lowest BCUT2D eigenvalue weighted by molar-refractivity contribution is -0.0500. The molecule has 2 heterocycles. The van der Waals surface area contributed by atoms with E-state index in [2.05, 4.69) is 4.18 Å². The van der Waals surface area contributed by atoms with Crippen LogP contribution in [0.15, 0.2) is 36.4 Å². The van der Waals surface area contributed by atoms with Crippen LogP contribution in [0.3, 0.4) is 0 Å². The minimum absolute atomic E-state index is 0.0195. The summed E-state index contributed by atoms with van der Waals surface area (Å²) >= 11 is 0. The molecule has 2 aliphatic rings. The second-order valence-corrected chi connectivity index (χ2v) is 8.22. The molecule has 11 heteroatoms. The molecule has 4 rings (SSSR count). The van der Waals surface area contributed by atoms with Gasteiger partial charge in [0.25, 0.3) is 0 Å². The third kappa shape index (κ3) is 2.58. The van der Waals surface area contributed by atoms with E-state index in [0.29, 0.717) is 16.6 Å². The summed E-state index contributed by atoms with van der Waals surface area (Å²) in [5.41, 5.74) is -6.12. The van der Waals surface area contributed by atoms with Gasteiger partial charge in [0.1, 0.15) is 30.1 Å². The van der Waals surface area contributed by atoms with E-state index >= 15 is 0 Å². The van der Waals surface area contributed by atoms with Crippen molar-refractivity contribution in [1.82, 2.24) is 0 Å². The van der Waals surface area contributed by atoms with E-state index in [1.54, 1.807) is 18.2 Å². The Morgan fingerprint density at radius 1 is 1.00 bits per heavy atom. The van der Waals surface area contributed by atoms with E-state index in [1.807, 2.05) is 0 Å². The van der Waals surface area contributed by atoms with Gasteiger partial charge in [0.05, 0.1) is 10.9 Å². The van der Waals surface area contributed by atoms with E-state index in [9.17, 15) is 26.2 Å². The van der Waals surface area contributed by atoms with Gasteiger partial charge in [0.2, 0.25) is 0 Å². The van der Waals surface area contributed by atoms with Crippen LogP contribution in [-0.2, 0) is 20.1 Å². The van der Waals surface area contributed by atoms with Gasteiger partial charge in [0.15, 0.2) is 14.2 Å². The SMILES string of the molecule is O=Pc1cccc2c1C1(COc3cccc(OS(=O)(=O)C(F)(F)F)c31)CO2. The number of fused-ring (bicyclic) bond motifs is 4. The van der Waals surface area contributed by atoms with Crippen LogP contribution >= 0.6 is 8.46 Å². The largest absolute Gasteiger partial charge is 0.534 e. The van der Waals surface area contributed by atoms with Crippen molar-refractivity contribution in [2.75, 3.05) is 13.2 Å². The first-order valence-corrected chi connectivity index (χ1v) is 9.78. The Bertz CT molecular complexity index is 1050. The van der Waals surface area contributed by atoms with Gasteiger partial charge in [-0.25, -0.2) is 0 Å². The van der Waals surface area contributed by atoms with Crippen LogP contribution in [0.2, 0.25) is 0 Å². The van der Waals surface area contributed by atoms with Crippen molar-refractivity contribution >= 4 is 23.9 Å². The fourth-order valence-corrected chi connectivity index (χ4v) is 4.42. The van der Waals surface area contributed by atoms with E-state index in [4.69, 9.17) is 9.47 Å². The highest BCUT2D eigenvalue weighted by atomic mass is 32.2. The van der Waals surface area contributed by atoms with Crippen molar-refractivity contribution in [3.63, 3.8) is 0 Å². The number of hydrogen-bond acceptors (Lipinski definition) is 6. The highest BCUT2D eigenvalue weighted by molar-refractivity contribution is 7.88. The van der Waals surface area contributed by atoms with Crippen LogP contribution in [0.4, 0.5) is 13.2 Å². The molecule has 0 fully saturated rings. The normalized spacial score (nSPS) is 20.9. The van der Waals surface area contributed by atoms with Crippen molar-refractivity contribution in [3.05, 3.63) is 47.5 Å². The van der Waals surface area contributed by atoms with Crippen LogP contribution in [0.25, 0.3) is 0 Å². The summed E-state index contributed by atoms with van der Waals surface area (Å²) in [6.07, 6.45) is 0. The van der Waals surface area contributed by atoms with Gasteiger partial charge < -0.3 is 13.7 Å². The predicted molar refractivity (Wildman–Crippen MR) is 87.5 cm³/mol. The van der Waals surface area contributed by atoms with E-state index < -0.39 is 26.8 Å².